The highest BCUT2D eigenvalue weighted by molar-refractivity contribution is 5.85. The minimum Gasteiger partial charge on any atom is -0.477 e. The van der Waals surface area contributed by atoms with Crippen molar-refractivity contribution in [1.29, 1.82) is 0 Å². The minimum atomic E-state index is -0.996. The SMILES string of the molecule is CNCCCN(C)c1ccc(C(=O)O)nc1. The number of hydrogen-bond acceptors (Lipinski definition) is 4. The molecule has 88 valence electrons. The van der Waals surface area contributed by atoms with E-state index in [1.807, 2.05) is 14.1 Å². The van der Waals surface area contributed by atoms with Gasteiger partial charge in [0, 0.05) is 13.6 Å². The summed E-state index contributed by atoms with van der Waals surface area (Å²) in [5.41, 5.74) is 1.01. The molecule has 0 aliphatic rings. The number of anilines is 1. The summed E-state index contributed by atoms with van der Waals surface area (Å²) in [7, 11) is 3.89. The molecule has 0 unspecified atom stereocenters. The second-order valence-electron chi connectivity index (χ2n) is 3.59. The van der Waals surface area contributed by atoms with E-state index in [0.29, 0.717) is 0 Å². The fourth-order valence-electron chi connectivity index (χ4n) is 1.36. The summed E-state index contributed by atoms with van der Waals surface area (Å²) in [6.07, 6.45) is 2.62. The normalized spacial score (nSPS) is 10.1. The molecule has 0 amide bonds. The molecule has 5 heteroatoms. The van der Waals surface area contributed by atoms with Gasteiger partial charge >= 0.3 is 5.97 Å². The quantitative estimate of drug-likeness (QED) is 0.699. The molecule has 1 heterocycles. The standard InChI is InChI=1S/C11H17N3O2/c1-12-6-3-7-14(2)9-4-5-10(11(15)16)13-8-9/h4-5,8,12H,3,6-7H2,1-2H3,(H,15,16). The molecule has 1 aromatic heterocycles. The lowest BCUT2D eigenvalue weighted by Crippen LogP contribution is -2.22. The molecule has 0 fully saturated rings. The predicted octanol–water partition coefficient (Wildman–Crippen LogP) is 0.825. The number of carboxylic acids is 1. The fraction of sp³-hybridized carbons (Fsp3) is 0.455. The number of pyridine rings is 1. The summed E-state index contributed by atoms with van der Waals surface area (Å²) >= 11 is 0. The zero-order valence-corrected chi connectivity index (χ0v) is 9.60. The molecule has 0 saturated carbocycles. The third kappa shape index (κ3) is 3.51. The van der Waals surface area contributed by atoms with Crippen LogP contribution in [-0.2, 0) is 0 Å². The summed E-state index contributed by atoms with van der Waals surface area (Å²) in [4.78, 5) is 16.5. The van der Waals surface area contributed by atoms with Crippen molar-refractivity contribution >= 4 is 11.7 Å². The van der Waals surface area contributed by atoms with Gasteiger partial charge in [-0.2, -0.15) is 0 Å². The predicted molar refractivity (Wildman–Crippen MR) is 63.0 cm³/mol. The molecule has 0 aliphatic carbocycles. The number of carbonyl (C=O) groups is 1. The number of hydrogen-bond donors (Lipinski definition) is 2. The van der Waals surface area contributed by atoms with Gasteiger partial charge < -0.3 is 15.3 Å². The van der Waals surface area contributed by atoms with Crippen LogP contribution in [0.5, 0.6) is 0 Å². The Labute approximate surface area is 95.1 Å². The molecule has 0 spiro atoms. The van der Waals surface area contributed by atoms with Gasteiger partial charge in [-0.15, -0.1) is 0 Å². The van der Waals surface area contributed by atoms with Crippen LogP contribution in [0.1, 0.15) is 16.9 Å². The molecule has 0 bridgehead atoms. The second-order valence-corrected chi connectivity index (χ2v) is 3.59. The molecule has 1 aromatic rings. The van der Waals surface area contributed by atoms with Gasteiger partial charge in [0.25, 0.3) is 0 Å². The van der Waals surface area contributed by atoms with Gasteiger partial charge in [-0.1, -0.05) is 0 Å². The van der Waals surface area contributed by atoms with Gasteiger partial charge in [0.15, 0.2) is 0 Å². The highest BCUT2D eigenvalue weighted by atomic mass is 16.4. The van der Waals surface area contributed by atoms with E-state index in [2.05, 4.69) is 15.2 Å². The van der Waals surface area contributed by atoms with Crippen LogP contribution in [0.4, 0.5) is 5.69 Å². The maximum absolute atomic E-state index is 10.6. The molecule has 16 heavy (non-hydrogen) atoms. The zero-order valence-electron chi connectivity index (χ0n) is 9.60. The lowest BCUT2D eigenvalue weighted by Gasteiger charge is -2.18. The van der Waals surface area contributed by atoms with Crippen molar-refractivity contribution in [2.45, 2.75) is 6.42 Å². The first-order valence-corrected chi connectivity index (χ1v) is 5.20. The Morgan fingerprint density at radius 2 is 2.31 bits per heavy atom. The molecule has 1 rings (SSSR count). The number of nitrogens with one attached hydrogen (secondary N) is 1. The van der Waals surface area contributed by atoms with E-state index < -0.39 is 5.97 Å². The van der Waals surface area contributed by atoms with Crippen LogP contribution in [0.15, 0.2) is 18.3 Å². The molecule has 0 aliphatic heterocycles. The van der Waals surface area contributed by atoms with Crippen LogP contribution in [0.25, 0.3) is 0 Å². The maximum atomic E-state index is 10.6. The van der Waals surface area contributed by atoms with Gasteiger partial charge in [0.1, 0.15) is 5.69 Å². The smallest absolute Gasteiger partial charge is 0.354 e. The summed E-state index contributed by atoms with van der Waals surface area (Å²) in [5, 5.41) is 11.8. The van der Waals surface area contributed by atoms with Gasteiger partial charge in [-0.3, -0.25) is 0 Å². The van der Waals surface area contributed by atoms with Crippen LogP contribution in [0, 0.1) is 0 Å². The molecule has 0 radical (unpaired) electrons. The molecular weight excluding hydrogens is 206 g/mol. The lowest BCUT2D eigenvalue weighted by molar-refractivity contribution is 0.0690. The maximum Gasteiger partial charge on any atom is 0.354 e. The third-order valence-electron chi connectivity index (χ3n) is 2.33. The highest BCUT2D eigenvalue weighted by Gasteiger charge is 2.05. The largest absolute Gasteiger partial charge is 0.477 e. The van der Waals surface area contributed by atoms with Crippen LogP contribution < -0.4 is 10.2 Å². The Balaban J connectivity index is 2.56. The summed E-state index contributed by atoms with van der Waals surface area (Å²) in [5.74, 6) is -0.996. The van der Waals surface area contributed by atoms with E-state index in [-0.39, 0.29) is 5.69 Å². The summed E-state index contributed by atoms with van der Waals surface area (Å²) in [6, 6.07) is 3.29. The van der Waals surface area contributed by atoms with Gasteiger partial charge in [0.05, 0.1) is 11.9 Å². The van der Waals surface area contributed by atoms with E-state index in [4.69, 9.17) is 5.11 Å². The Morgan fingerprint density at radius 1 is 1.56 bits per heavy atom. The topological polar surface area (TPSA) is 65.5 Å². The second kappa shape index (κ2) is 6.07. The Bertz CT molecular complexity index is 338. The summed E-state index contributed by atoms with van der Waals surface area (Å²) < 4.78 is 0. The average molecular weight is 223 g/mol. The molecule has 0 saturated heterocycles. The fourth-order valence-corrected chi connectivity index (χ4v) is 1.36. The van der Waals surface area contributed by atoms with Crippen molar-refractivity contribution in [3.8, 4) is 0 Å². The van der Waals surface area contributed by atoms with Crippen LogP contribution in [0.2, 0.25) is 0 Å². The lowest BCUT2D eigenvalue weighted by atomic mass is 10.3. The number of carboxylic acid groups (broad SMARTS) is 1. The first-order chi connectivity index (χ1) is 7.65. The van der Waals surface area contributed by atoms with Crippen molar-refractivity contribution in [2.24, 2.45) is 0 Å². The molecule has 5 nitrogen and oxygen atoms in total. The zero-order chi connectivity index (χ0) is 12.0. The van der Waals surface area contributed by atoms with Gasteiger partial charge in [-0.05, 0) is 32.1 Å². The monoisotopic (exact) mass is 223 g/mol. The highest BCUT2D eigenvalue weighted by Crippen LogP contribution is 2.11. The Morgan fingerprint density at radius 3 is 2.81 bits per heavy atom. The van der Waals surface area contributed by atoms with Crippen molar-refractivity contribution in [3.63, 3.8) is 0 Å². The molecule has 2 N–H and O–H groups in total. The van der Waals surface area contributed by atoms with Crippen LogP contribution >= 0.6 is 0 Å². The average Bonchev–Trinajstić information content (AvgIpc) is 2.29. The van der Waals surface area contributed by atoms with E-state index in [1.54, 1.807) is 12.3 Å². The van der Waals surface area contributed by atoms with Crippen LogP contribution in [-0.4, -0.2) is 43.2 Å². The van der Waals surface area contributed by atoms with E-state index in [1.165, 1.54) is 6.07 Å². The third-order valence-corrected chi connectivity index (χ3v) is 2.33. The first kappa shape index (κ1) is 12.4. The van der Waals surface area contributed by atoms with E-state index in [9.17, 15) is 4.79 Å². The van der Waals surface area contributed by atoms with Gasteiger partial charge in [0.2, 0.25) is 0 Å². The van der Waals surface area contributed by atoms with E-state index >= 15 is 0 Å². The number of aromatic carboxylic acids is 1. The minimum absolute atomic E-state index is 0.0763. The number of rotatable bonds is 6. The Hall–Kier alpha value is -1.62. The first-order valence-electron chi connectivity index (χ1n) is 5.20. The number of nitrogens with zero attached hydrogens (tertiary/aromatic N) is 2. The number of aromatic nitrogens is 1. The van der Waals surface area contributed by atoms with Crippen molar-refractivity contribution in [3.05, 3.63) is 24.0 Å². The molecule has 0 aromatic carbocycles. The Kier molecular flexibility index (Phi) is 4.72. The van der Waals surface area contributed by atoms with Crippen molar-refractivity contribution in [2.75, 3.05) is 32.1 Å². The van der Waals surface area contributed by atoms with Crippen LogP contribution in [0.3, 0.4) is 0 Å². The molecule has 0 atom stereocenters. The van der Waals surface area contributed by atoms with Crippen molar-refractivity contribution < 1.29 is 9.90 Å². The van der Waals surface area contributed by atoms with Crippen molar-refractivity contribution in [1.82, 2.24) is 10.3 Å². The molecular formula is C11H17N3O2. The van der Waals surface area contributed by atoms with E-state index in [0.717, 1.165) is 25.2 Å². The van der Waals surface area contributed by atoms with Gasteiger partial charge in [-0.25, -0.2) is 9.78 Å². The summed E-state index contributed by atoms with van der Waals surface area (Å²) in [6.45, 7) is 1.87.